The van der Waals surface area contributed by atoms with E-state index in [1.165, 1.54) is 18.2 Å². The van der Waals surface area contributed by atoms with E-state index in [0.717, 1.165) is 17.7 Å². The molecule has 38 heavy (non-hydrogen) atoms. The number of likely N-dealkylation sites (N-methyl/N-ethyl adjacent to an activating group) is 1. The number of hydrogen-bond donors (Lipinski definition) is 1. The lowest BCUT2D eigenvalue weighted by molar-refractivity contribution is 0.0720. The summed E-state index contributed by atoms with van der Waals surface area (Å²) >= 11 is 6.17. The van der Waals surface area contributed by atoms with Gasteiger partial charge < -0.3 is 24.6 Å². The summed E-state index contributed by atoms with van der Waals surface area (Å²) in [6.45, 7) is 7.19. The molecule has 0 saturated carbocycles. The number of benzene rings is 1. The van der Waals surface area contributed by atoms with Crippen molar-refractivity contribution in [2.24, 2.45) is 0 Å². The average Bonchev–Trinajstić information content (AvgIpc) is 2.93. The summed E-state index contributed by atoms with van der Waals surface area (Å²) in [7, 11) is 1.87. The van der Waals surface area contributed by atoms with E-state index in [-0.39, 0.29) is 17.0 Å². The number of halogens is 2. The number of anilines is 1. The molecule has 1 aromatic carbocycles. The smallest absolute Gasteiger partial charge is 0.255 e. The van der Waals surface area contributed by atoms with Gasteiger partial charge in [0.15, 0.2) is 0 Å². The fraction of sp³-hybridized carbons (Fsp3) is 0.393. The summed E-state index contributed by atoms with van der Waals surface area (Å²) in [5, 5.41) is 3.21. The van der Waals surface area contributed by atoms with E-state index in [4.69, 9.17) is 26.1 Å². The van der Waals surface area contributed by atoms with Gasteiger partial charge in [-0.3, -0.25) is 4.79 Å². The zero-order chi connectivity index (χ0) is 27.1. The molecule has 1 aliphatic heterocycles. The monoisotopic (exact) mass is 541 g/mol. The maximum Gasteiger partial charge on any atom is 0.255 e. The van der Waals surface area contributed by atoms with Gasteiger partial charge in [-0.25, -0.2) is 14.4 Å². The van der Waals surface area contributed by atoms with Crippen molar-refractivity contribution in [2.45, 2.75) is 26.3 Å². The zero-order valence-electron chi connectivity index (χ0n) is 21.9. The predicted molar refractivity (Wildman–Crippen MR) is 147 cm³/mol. The molecule has 2 aromatic heterocycles. The van der Waals surface area contributed by atoms with Crippen molar-refractivity contribution >= 4 is 23.2 Å². The normalized spacial score (nSPS) is 15.4. The third-order valence-electron chi connectivity index (χ3n) is 6.47. The van der Waals surface area contributed by atoms with Crippen LogP contribution < -0.4 is 19.7 Å². The number of hydrogen-bond acceptors (Lipinski definition) is 7. The number of aromatic nitrogens is 2. The first-order chi connectivity index (χ1) is 18.5. The van der Waals surface area contributed by atoms with Crippen molar-refractivity contribution in [2.75, 3.05) is 51.3 Å². The van der Waals surface area contributed by atoms with E-state index in [1.807, 2.05) is 38.2 Å². The maximum absolute atomic E-state index is 13.5. The van der Waals surface area contributed by atoms with Gasteiger partial charge in [-0.05, 0) is 62.9 Å². The number of pyridine rings is 2. The molecule has 8 nitrogen and oxygen atoms in total. The standard InChI is InChI=1S/C28H33ClFN5O3/c1-4-20-18-34(28(36)21-9-8-19(30)17-23(21)29)14-15-35(20)25-11-10-24(33-27(25)38-16-13-31-3)22-7-6-12-32-26(22)37-5-2/h6-12,17,20,31H,4-5,13-16,18H2,1-3H3/t20-/m1/s1. The highest BCUT2D eigenvalue weighted by Gasteiger charge is 2.32. The van der Waals surface area contributed by atoms with Crippen LogP contribution in [-0.4, -0.2) is 73.3 Å². The lowest BCUT2D eigenvalue weighted by Crippen LogP contribution is -2.55. The van der Waals surface area contributed by atoms with Crippen LogP contribution in [0, 0.1) is 5.82 Å². The third-order valence-corrected chi connectivity index (χ3v) is 6.78. The molecule has 1 fully saturated rings. The molecule has 0 radical (unpaired) electrons. The fourth-order valence-corrected chi connectivity index (χ4v) is 4.78. The van der Waals surface area contributed by atoms with Crippen molar-refractivity contribution in [1.82, 2.24) is 20.2 Å². The summed E-state index contributed by atoms with van der Waals surface area (Å²) < 4.78 is 25.4. The molecular formula is C28H33ClFN5O3. The van der Waals surface area contributed by atoms with Gasteiger partial charge in [-0.2, -0.15) is 0 Å². The van der Waals surface area contributed by atoms with Crippen LogP contribution in [0.3, 0.4) is 0 Å². The van der Waals surface area contributed by atoms with Gasteiger partial charge in [-0.15, -0.1) is 0 Å². The molecule has 0 unspecified atom stereocenters. The van der Waals surface area contributed by atoms with E-state index in [9.17, 15) is 9.18 Å². The van der Waals surface area contributed by atoms with Gasteiger partial charge >= 0.3 is 0 Å². The molecule has 4 rings (SSSR count). The van der Waals surface area contributed by atoms with Crippen molar-refractivity contribution in [3.63, 3.8) is 0 Å². The molecule has 3 aromatic rings. The molecule has 1 N–H and O–H groups in total. The molecule has 10 heteroatoms. The van der Waals surface area contributed by atoms with Crippen LogP contribution in [-0.2, 0) is 0 Å². The van der Waals surface area contributed by atoms with Crippen molar-refractivity contribution in [3.05, 3.63) is 65.1 Å². The topological polar surface area (TPSA) is 79.8 Å². The highest BCUT2D eigenvalue weighted by Crippen LogP contribution is 2.35. The highest BCUT2D eigenvalue weighted by molar-refractivity contribution is 6.33. The summed E-state index contributed by atoms with van der Waals surface area (Å²) in [5.41, 5.74) is 2.67. The Kier molecular flexibility index (Phi) is 9.36. The van der Waals surface area contributed by atoms with Crippen molar-refractivity contribution in [1.29, 1.82) is 0 Å². The molecular weight excluding hydrogens is 509 g/mol. The van der Waals surface area contributed by atoms with E-state index in [0.29, 0.717) is 62.4 Å². The fourth-order valence-electron chi connectivity index (χ4n) is 4.53. The van der Waals surface area contributed by atoms with Crippen LogP contribution in [0.15, 0.2) is 48.7 Å². The predicted octanol–water partition coefficient (Wildman–Crippen LogP) is 4.67. The minimum Gasteiger partial charge on any atom is -0.477 e. The molecule has 0 spiro atoms. The van der Waals surface area contributed by atoms with Crippen LogP contribution in [0.25, 0.3) is 11.3 Å². The summed E-state index contributed by atoms with van der Waals surface area (Å²) in [6.07, 6.45) is 2.49. The average molecular weight is 542 g/mol. The van der Waals surface area contributed by atoms with E-state index >= 15 is 0 Å². The van der Waals surface area contributed by atoms with Crippen molar-refractivity contribution < 1.29 is 18.7 Å². The molecule has 1 atom stereocenters. The Balaban J connectivity index is 1.61. The lowest BCUT2D eigenvalue weighted by atomic mass is 10.1. The Morgan fingerprint density at radius 2 is 2.00 bits per heavy atom. The number of carbonyl (C=O) groups excluding carboxylic acids is 1. The first kappa shape index (κ1) is 27.6. The van der Waals surface area contributed by atoms with Gasteiger partial charge in [0.2, 0.25) is 11.8 Å². The number of carbonyl (C=O) groups is 1. The van der Waals surface area contributed by atoms with Gasteiger partial charge in [0.25, 0.3) is 5.91 Å². The molecule has 0 aliphatic carbocycles. The Bertz CT molecular complexity index is 1260. The van der Waals surface area contributed by atoms with Crippen LogP contribution >= 0.6 is 11.6 Å². The second-order valence-corrected chi connectivity index (χ2v) is 9.30. The summed E-state index contributed by atoms with van der Waals surface area (Å²) in [6, 6.07) is 11.6. The largest absolute Gasteiger partial charge is 0.477 e. The van der Waals surface area contributed by atoms with Crippen LogP contribution in [0.5, 0.6) is 11.8 Å². The number of ether oxygens (including phenoxy) is 2. The van der Waals surface area contributed by atoms with E-state index < -0.39 is 5.82 Å². The molecule has 1 saturated heterocycles. The number of amides is 1. The minimum absolute atomic E-state index is 0.0311. The van der Waals surface area contributed by atoms with Crippen molar-refractivity contribution in [3.8, 4) is 23.0 Å². The highest BCUT2D eigenvalue weighted by atomic mass is 35.5. The Labute approximate surface area is 227 Å². The summed E-state index contributed by atoms with van der Waals surface area (Å²) in [4.78, 5) is 26.5. The molecule has 1 amide bonds. The quantitative estimate of drug-likeness (QED) is 0.373. The Hall–Kier alpha value is -3.43. The first-order valence-electron chi connectivity index (χ1n) is 12.8. The number of nitrogens with zero attached hydrogens (tertiary/aromatic N) is 4. The van der Waals surface area contributed by atoms with Crippen LogP contribution in [0.4, 0.5) is 10.1 Å². The maximum atomic E-state index is 13.5. The van der Waals surface area contributed by atoms with Crippen LogP contribution in [0.1, 0.15) is 30.6 Å². The molecule has 3 heterocycles. The number of nitrogens with one attached hydrogen (secondary N) is 1. The van der Waals surface area contributed by atoms with Gasteiger partial charge in [0, 0.05) is 38.4 Å². The van der Waals surface area contributed by atoms with Crippen LogP contribution in [0.2, 0.25) is 5.02 Å². The number of rotatable bonds is 10. The molecule has 0 bridgehead atoms. The lowest BCUT2D eigenvalue weighted by Gasteiger charge is -2.42. The Morgan fingerprint density at radius 3 is 2.74 bits per heavy atom. The van der Waals surface area contributed by atoms with E-state index in [1.54, 1.807) is 11.1 Å². The first-order valence-corrected chi connectivity index (χ1v) is 13.2. The van der Waals surface area contributed by atoms with Gasteiger partial charge in [-0.1, -0.05) is 18.5 Å². The second-order valence-electron chi connectivity index (χ2n) is 8.89. The number of piperazine rings is 1. The zero-order valence-corrected chi connectivity index (χ0v) is 22.7. The second kappa shape index (κ2) is 12.9. The van der Waals surface area contributed by atoms with Gasteiger partial charge in [0.1, 0.15) is 18.1 Å². The third kappa shape index (κ3) is 6.16. The summed E-state index contributed by atoms with van der Waals surface area (Å²) in [5.74, 6) is 0.370. The SMILES string of the molecule is CCOc1ncccc1-c1ccc(N2CCN(C(=O)c3ccc(F)cc3Cl)C[C@H]2CC)c(OCCNC)n1. The van der Waals surface area contributed by atoms with E-state index in [2.05, 4.69) is 22.1 Å². The molecule has 202 valence electrons. The Morgan fingerprint density at radius 1 is 1.16 bits per heavy atom. The molecule has 1 aliphatic rings. The van der Waals surface area contributed by atoms with Gasteiger partial charge in [0.05, 0.1) is 28.5 Å². The minimum atomic E-state index is -0.468.